The minimum atomic E-state index is -0.440. The smallest absolute Gasteiger partial charge is 0.170 e. The van der Waals surface area contributed by atoms with Crippen LogP contribution in [0.5, 0.6) is 5.75 Å². The summed E-state index contributed by atoms with van der Waals surface area (Å²) in [5, 5.41) is 11.4. The number of ether oxygens (including phenoxy) is 1. The van der Waals surface area contributed by atoms with Crippen molar-refractivity contribution in [1.82, 2.24) is 0 Å². The van der Waals surface area contributed by atoms with Gasteiger partial charge in [-0.05, 0) is 30.3 Å². The monoisotopic (exact) mass is 292 g/mol. The zero-order chi connectivity index (χ0) is 14.5. The van der Waals surface area contributed by atoms with Crippen LogP contribution in [0.2, 0.25) is 0 Å². The van der Waals surface area contributed by atoms with Crippen LogP contribution in [0.3, 0.4) is 0 Å². The molecule has 0 aliphatic heterocycles. The Bertz CT molecular complexity index is 647. The number of halogens is 1. The molecule has 0 amide bonds. The zero-order valence-electron chi connectivity index (χ0n) is 10.7. The summed E-state index contributed by atoms with van der Waals surface area (Å²) in [6.07, 6.45) is 0. The molecule has 0 radical (unpaired) electrons. The maximum Gasteiger partial charge on any atom is 0.170 e. The molecule has 0 unspecified atom stereocenters. The second-order valence-electron chi connectivity index (χ2n) is 3.88. The molecule has 4 nitrogen and oxygen atoms in total. The predicted octanol–water partition coefficient (Wildman–Crippen LogP) is 3.08. The number of hydrogen-bond donors (Lipinski definition) is 2. The van der Waals surface area contributed by atoms with Gasteiger partial charge >= 0.3 is 0 Å². The fourth-order valence-corrected chi connectivity index (χ4v) is 2.55. The largest absolute Gasteiger partial charge is 0.496 e. The second kappa shape index (κ2) is 6.29. The molecule has 104 valence electrons. The molecule has 0 atom stereocenters. The number of benzene rings is 2. The summed E-state index contributed by atoms with van der Waals surface area (Å²) in [5.41, 5.74) is 5.75. The van der Waals surface area contributed by atoms with E-state index in [1.165, 1.54) is 17.8 Å². The Kier molecular flexibility index (Phi) is 4.47. The molecule has 3 N–H and O–H groups in total. The third-order valence-corrected chi connectivity index (χ3v) is 3.73. The summed E-state index contributed by atoms with van der Waals surface area (Å²) in [6, 6.07) is 11.8. The topological polar surface area (TPSA) is 67.8 Å². The molecule has 20 heavy (non-hydrogen) atoms. The highest BCUT2D eigenvalue weighted by Crippen LogP contribution is 2.36. The second-order valence-corrected chi connectivity index (χ2v) is 4.97. The number of amidine groups is 1. The Hall–Kier alpha value is -2.21. The lowest BCUT2D eigenvalue weighted by Crippen LogP contribution is -2.13. The fraction of sp³-hybridized carbons (Fsp3) is 0.0714. The molecule has 6 heteroatoms. The number of methoxy groups -OCH3 is 1. The van der Waals surface area contributed by atoms with E-state index in [0.29, 0.717) is 16.2 Å². The lowest BCUT2D eigenvalue weighted by molar-refractivity contribution is 0.318. The minimum absolute atomic E-state index is 0.127. The van der Waals surface area contributed by atoms with Gasteiger partial charge in [-0.2, -0.15) is 0 Å². The standard InChI is InChI=1S/C14H13FN2O2S/c1-19-11-4-2-3-5-13(11)20-12-7-6-9(8-10(12)15)14(16)17-18/h2-8,18H,1H3,(H2,16,17). The fourth-order valence-electron chi connectivity index (χ4n) is 1.62. The average molecular weight is 292 g/mol. The number of rotatable bonds is 4. The van der Waals surface area contributed by atoms with Crippen LogP contribution in [0.15, 0.2) is 57.4 Å². The number of para-hydroxylation sites is 1. The molecular formula is C14H13FN2O2S. The molecule has 0 saturated carbocycles. The molecule has 2 rings (SSSR count). The van der Waals surface area contributed by atoms with E-state index < -0.39 is 5.82 Å². The Morgan fingerprint density at radius 2 is 2.00 bits per heavy atom. The van der Waals surface area contributed by atoms with Gasteiger partial charge in [0.25, 0.3) is 0 Å². The van der Waals surface area contributed by atoms with Crippen molar-refractivity contribution in [2.75, 3.05) is 7.11 Å². The molecule has 0 aromatic heterocycles. The molecule has 2 aromatic carbocycles. The van der Waals surface area contributed by atoms with E-state index in [-0.39, 0.29) is 5.84 Å². The van der Waals surface area contributed by atoms with Crippen molar-refractivity contribution in [1.29, 1.82) is 0 Å². The highest BCUT2D eigenvalue weighted by atomic mass is 32.2. The molecule has 0 heterocycles. The van der Waals surface area contributed by atoms with Crippen molar-refractivity contribution in [3.8, 4) is 5.75 Å². The number of oxime groups is 1. The first-order valence-corrected chi connectivity index (χ1v) is 6.55. The molecule has 0 spiro atoms. The van der Waals surface area contributed by atoms with Crippen molar-refractivity contribution in [3.05, 3.63) is 53.8 Å². The van der Waals surface area contributed by atoms with E-state index in [1.54, 1.807) is 19.2 Å². The van der Waals surface area contributed by atoms with Gasteiger partial charge in [0.15, 0.2) is 5.84 Å². The molecule has 0 saturated heterocycles. The van der Waals surface area contributed by atoms with E-state index in [0.717, 1.165) is 4.90 Å². The SMILES string of the molecule is COc1ccccc1Sc1ccc(/C(N)=N/O)cc1F. The predicted molar refractivity (Wildman–Crippen MR) is 76.0 cm³/mol. The first-order valence-electron chi connectivity index (χ1n) is 5.74. The number of hydrogen-bond acceptors (Lipinski definition) is 4. The average Bonchev–Trinajstić information content (AvgIpc) is 2.49. The summed E-state index contributed by atoms with van der Waals surface area (Å²) in [7, 11) is 1.57. The van der Waals surface area contributed by atoms with E-state index >= 15 is 0 Å². The van der Waals surface area contributed by atoms with Gasteiger partial charge in [-0.1, -0.05) is 29.1 Å². The van der Waals surface area contributed by atoms with Gasteiger partial charge in [-0.3, -0.25) is 0 Å². The normalized spacial score (nSPS) is 11.4. The van der Waals surface area contributed by atoms with Crippen LogP contribution in [0.25, 0.3) is 0 Å². The van der Waals surface area contributed by atoms with E-state index in [2.05, 4.69) is 5.16 Å². The molecule has 0 aliphatic carbocycles. The van der Waals surface area contributed by atoms with Crippen molar-refractivity contribution >= 4 is 17.6 Å². The lowest BCUT2D eigenvalue weighted by Gasteiger charge is -2.09. The van der Waals surface area contributed by atoms with E-state index in [4.69, 9.17) is 15.7 Å². The van der Waals surface area contributed by atoms with Crippen LogP contribution in [0, 0.1) is 5.82 Å². The van der Waals surface area contributed by atoms with E-state index in [9.17, 15) is 4.39 Å². The highest BCUT2D eigenvalue weighted by Gasteiger charge is 2.10. The molecule has 0 fully saturated rings. The minimum Gasteiger partial charge on any atom is -0.496 e. The van der Waals surface area contributed by atoms with Crippen LogP contribution in [0.4, 0.5) is 4.39 Å². The summed E-state index contributed by atoms with van der Waals surface area (Å²) in [5.74, 6) is 0.111. The van der Waals surface area contributed by atoms with Crippen molar-refractivity contribution in [2.45, 2.75) is 9.79 Å². The highest BCUT2D eigenvalue weighted by molar-refractivity contribution is 7.99. The van der Waals surface area contributed by atoms with Crippen LogP contribution in [-0.2, 0) is 0 Å². The van der Waals surface area contributed by atoms with E-state index in [1.807, 2.05) is 24.3 Å². The lowest BCUT2D eigenvalue weighted by atomic mass is 10.2. The summed E-state index contributed by atoms with van der Waals surface area (Å²) < 4.78 is 19.2. The molecule has 0 aliphatic rings. The van der Waals surface area contributed by atoms with Crippen LogP contribution in [0.1, 0.15) is 5.56 Å². The first kappa shape index (κ1) is 14.2. The third kappa shape index (κ3) is 3.03. The maximum absolute atomic E-state index is 14.0. The summed E-state index contributed by atoms with van der Waals surface area (Å²) in [4.78, 5) is 1.24. The van der Waals surface area contributed by atoms with Gasteiger partial charge in [0.2, 0.25) is 0 Å². The van der Waals surface area contributed by atoms with Crippen LogP contribution >= 0.6 is 11.8 Å². The van der Waals surface area contributed by atoms with Gasteiger partial charge in [-0.25, -0.2) is 4.39 Å². The quantitative estimate of drug-likeness (QED) is 0.393. The third-order valence-electron chi connectivity index (χ3n) is 2.62. The van der Waals surface area contributed by atoms with Gasteiger partial charge in [-0.15, -0.1) is 0 Å². The zero-order valence-corrected chi connectivity index (χ0v) is 11.5. The van der Waals surface area contributed by atoms with Crippen molar-refractivity contribution in [3.63, 3.8) is 0 Å². The van der Waals surface area contributed by atoms with Crippen molar-refractivity contribution < 1.29 is 14.3 Å². The Labute approximate surface area is 120 Å². The molecule has 2 aromatic rings. The van der Waals surface area contributed by atoms with Crippen LogP contribution < -0.4 is 10.5 Å². The number of nitrogens with two attached hydrogens (primary N) is 1. The first-order chi connectivity index (χ1) is 9.65. The molecule has 0 bridgehead atoms. The van der Waals surface area contributed by atoms with Gasteiger partial charge in [0.05, 0.1) is 12.0 Å². The summed E-state index contributed by atoms with van der Waals surface area (Å²) >= 11 is 1.25. The Morgan fingerprint density at radius 3 is 2.65 bits per heavy atom. The van der Waals surface area contributed by atoms with Gasteiger partial charge < -0.3 is 15.7 Å². The van der Waals surface area contributed by atoms with Gasteiger partial charge in [0.1, 0.15) is 11.6 Å². The molecular weight excluding hydrogens is 279 g/mol. The number of nitrogens with zero attached hydrogens (tertiary/aromatic N) is 1. The Balaban J connectivity index is 2.30. The van der Waals surface area contributed by atoms with Crippen LogP contribution in [-0.4, -0.2) is 18.2 Å². The Morgan fingerprint density at radius 1 is 1.25 bits per heavy atom. The summed E-state index contributed by atoms with van der Waals surface area (Å²) in [6.45, 7) is 0. The maximum atomic E-state index is 14.0. The van der Waals surface area contributed by atoms with Gasteiger partial charge in [0, 0.05) is 10.5 Å². The van der Waals surface area contributed by atoms with Crippen molar-refractivity contribution in [2.24, 2.45) is 10.9 Å².